The molecule has 13 heavy (non-hydrogen) atoms. The number of hydrogen-bond donors (Lipinski definition) is 0. The quantitative estimate of drug-likeness (QED) is 0.686. The van der Waals surface area contributed by atoms with E-state index in [2.05, 4.69) is 16.9 Å². The van der Waals surface area contributed by atoms with Crippen molar-refractivity contribution in [3.8, 4) is 11.5 Å². The van der Waals surface area contributed by atoms with Crippen LogP contribution in [0.5, 0.6) is 0 Å². The van der Waals surface area contributed by atoms with Crippen LogP contribution in [0.15, 0.2) is 30.7 Å². The Balaban J connectivity index is 2.53. The van der Waals surface area contributed by atoms with Gasteiger partial charge in [0.1, 0.15) is 0 Å². The van der Waals surface area contributed by atoms with Crippen molar-refractivity contribution in [3.63, 3.8) is 0 Å². The van der Waals surface area contributed by atoms with Crippen molar-refractivity contribution >= 4 is 18.8 Å². The van der Waals surface area contributed by atoms with Gasteiger partial charge in [0, 0.05) is 0 Å². The van der Waals surface area contributed by atoms with E-state index in [-0.39, 0.29) is 0 Å². The second-order valence-electron chi connectivity index (χ2n) is 2.88. The van der Waals surface area contributed by atoms with Crippen molar-refractivity contribution in [1.29, 1.82) is 0 Å². The average molecular weight is 228 g/mol. The average Bonchev–Trinajstić information content (AvgIpc) is 2.51. The summed E-state index contributed by atoms with van der Waals surface area (Å²) in [5.74, 6) is 0.934. The minimum atomic E-state index is 0.934. The van der Waals surface area contributed by atoms with Crippen LogP contribution in [0.4, 0.5) is 0 Å². The molecule has 0 unspecified atom stereocenters. The van der Waals surface area contributed by atoms with E-state index in [0.29, 0.717) is 0 Å². The third-order valence-corrected chi connectivity index (χ3v) is 2.69. The van der Waals surface area contributed by atoms with E-state index in [1.54, 1.807) is 6.20 Å². The summed E-state index contributed by atoms with van der Waals surface area (Å²) < 4.78 is 2.02. The second kappa shape index (κ2) is 3.39. The molecule has 3 nitrogen and oxygen atoms in total. The van der Waals surface area contributed by atoms with Crippen molar-refractivity contribution in [1.82, 2.24) is 13.2 Å². The summed E-state index contributed by atoms with van der Waals surface area (Å²) in [5.41, 5.74) is 2.15. The molecule has 0 spiro atoms. The second-order valence-corrected chi connectivity index (χ2v) is 4.04. The molecule has 0 saturated heterocycles. The van der Waals surface area contributed by atoms with Gasteiger partial charge >= 0.3 is 86.8 Å². The normalized spacial score (nSPS) is 10.2. The van der Waals surface area contributed by atoms with Gasteiger partial charge < -0.3 is 0 Å². The van der Waals surface area contributed by atoms with Gasteiger partial charge in [-0.1, -0.05) is 0 Å². The van der Waals surface area contributed by atoms with Crippen molar-refractivity contribution in [2.45, 2.75) is 6.92 Å². The van der Waals surface area contributed by atoms with Crippen LogP contribution in [0, 0.1) is 6.92 Å². The first kappa shape index (κ1) is 8.59. The predicted octanol–water partition coefficient (Wildman–Crippen LogP) is 1.19. The van der Waals surface area contributed by atoms with Gasteiger partial charge in [0.15, 0.2) is 0 Å². The van der Waals surface area contributed by atoms with Gasteiger partial charge in [-0.2, -0.15) is 0 Å². The third-order valence-electron chi connectivity index (χ3n) is 1.81. The number of aromatic nitrogens is 3. The number of pyridine rings is 1. The first-order valence-electron chi connectivity index (χ1n) is 3.99. The molecule has 0 aliphatic carbocycles. The van der Waals surface area contributed by atoms with E-state index >= 15 is 0 Å². The Morgan fingerprint density at radius 2 is 2.15 bits per heavy atom. The third kappa shape index (κ3) is 1.68. The molecule has 4 heteroatoms. The molecule has 2 heterocycles. The molecule has 0 amide bonds. The molecule has 2 radical (unpaired) electrons. The predicted molar refractivity (Wildman–Crippen MR) is 51.3 cm³/mol. The fourth-order valence-corrected chi connectivity index (χ4v) is 1.75. The Bertz CT molecular complexity index is 422. The first-order valence-corrected chi connectivity index (χ1v) is 5.07. The van der Waals surface area contributed by atoms with E-state index < -0.39 is 0 Å². The van der Waals surface area contributed by atoms with Crippen LogP contribution in [0.2, 0.25) is 0 Å². The molecule has 0 N–H and O–H groups in total. The monoisotopic (exact) mass is 227 g/mol. The molecule has 0 aliphatic rings. The van der Waals surface area contributed by atoms with Crippen molar-refractivity contribution < 1.29 is 0 Å². The van der Waals surface area contributed by atoms with Crippen LogP contribution in [0.3, 0.4) is 0 Å². The van der Waals surface area contributed by atoms with Crippen molar-refractivity contribution in [3.05, 3.63) is 36.3 Å². The maximum atomic E-state index is 4.27. The topological polar surface area (TPSA) is 30.7 Å². The Morgan fingerprint density at radius 1 is 1.31 bits per heavy atom. The molecule has 2 aromatic heterocycles. The number of nitrogens with zero attached hydrogens (tertiary/aromatic N) is 3. The van der Waals surface area contributed by atoms with Gasteiger partial charge in [-0.3, -0.25) is 0 Å². The van der Waals surface area contributed by atoms with Crippen LogP contribution in [0.1, 0.15) is 5.56 Å². The van der Waals surface area contributed by atoms with Gasteiger partial charge in [-0.25, -0.2) is 0 Å². The summed E-state index contributed by atoms with van der Waals surface area (Å²) in [6, 6.07) is 4.02. The molecular weight excluding hydrogens is 220 g/mol. The van der Waals surface area contributed by atoms with E-state index in [4.69, 9.17) is 0 Å². The summed E-state index contributed by atoms with van der Waals surface area (Å²) in [7, 11) is 0. The Morgan fingerprint density at radius 3 is 2.77 bits per heavy atom. The minimum absolute atomic E-state index is 0.934. The summed E-state index contributed by atoms with van der Waals surface area (Å²) >= 11 is 1.51. The molecule has 0 fully saturated rings. The van der Waals surface area contributed by atoms with E-state index in [1.807, 2.05) is 27.8 Å². The van der Waals surface area contributed by atoms with Gasteiger partial charge in [-0.15, -0.1) is 0 Å². The number of aryl methyl sites for hydroxylation is 1. The molecule has 2 rings (SSSR count). The summed E-state index contributed by atoms with van der Waals surface area (Å²) in [6.45, 7) is 2.05. The molecule has 2 aromatic rings. The van der Waals surface area contributed by atoms with Crippen LogP contribution in [-0.2, 0) is 0 Å². The van der Waals surface area contributed by atoms with Crippen LogP contribution >= 0.6 is 0 Å². The van der Waals surface area contributed by atoms with Crippen LogP contribution in [-0.4, -0.2) is 32.1 Å². The molecule has 0 atom stereocenters. The van der Waals surface area contributed by atoms with Gasteiger partial charge in [0.05, 0.1) is 0 Å². The number of hydrogen-bond acceptors (Lipinski definition) is 2. The fourth-order valence-electron chi connectivity index (χ4n) is 1.17. The van der Waals surface area contributed by atoms with Gasteiger partial charge in [0.25, 0.3) is 0 Å². The summed E-state index contributed by atoms with van der Waals surface area (Å²) in [6.07, 6.45) is 5.55. The zero-order valence-corrected chi connectivity index (χ0v) is 9.73. The van der Waals surface area contributed by atoms with E-state index in [0.717, 1.165) is 11.5 Å². The van der Waals surface area contributed by atoms with E-state index in [9.17, 15) is 0 Å². The zero-order valence-electron chi connectivity index (χ0n) is 7.31. The molecular formula is C9H8GaN3. The molecule has 62 valence electrons. The fraction of sp³-hybridized carbons (Fsp3) is 0.111. The summed E-state index contributed by atoms with van der Waals surface area (Å²) in [4.78, 5) is 8.51. The van der Waals surface area contributed by atoms with Crippen molar-refractivity contribution in [2.75, 3.05) is 0 Å². The van der Waals surface area contributed by atoms with Crippen molar-refractivity contribution in [2.24, 2.45) is 0 Å². The van der Waals surface area contributed by atoms with Crippen LogP contribution in [0.25, 0.3) is 11.5 Å². The Labute approximate surface area is 87.0 Å². The Hall–Kier alpha value is -1.00. The van der Waals surface area contributed by atoms with Gasteiger partial charge in [-0.05, 0) is 0 Å². The standard InChI is InChI=1S/C9H8N3.Ga/c1-7-2-3-10-8(6-7)9-11-4-5-12-9;/h2-6H,1H3;/q-1;+1. The maximum absolute atomic E-state index is 4.27. The Kier molecular flexibility index (Phi) is 2.24. The molecule has 0 saturated carbocycles. The van der Waals surface area contributed by atoms with E-state index in [1.165, 1.54) is 24.4 Å². The first-order chi connectivity index (χ1) is 6.27. The molecule has 0 bridgehead atoms. The SMILES string of the molecule is Cc1ccnc(-c2ncc[n]2[Ga])c1. The zero-order chi connectivity index (χ0) is 9.26. The van der Waals surface area contributed by atoms with Gasteiger partial charge in [0.2, 0.25) is 0 Å². The number of imidazole rings is 1. The molecule has 0 aliphatic heterocycles. The summed E-state index contributed by atoms with van der Waals surface area (Å²) in [5, 5.41) is 0. The van der Waals surface area contributed by atoms with Crippen LogP contribution < -0.4 is 0 Å². The molecule has 0 aromatic carbocycles. The number of rotatable bonds is 1.